The molecule has 0 atom stereocenters. The number of rotatable bonds is 6. The summed E-state index contributed by atoms with van der Waals surface area (Å²) in [6.45, 7) is 0.802. The van der Waals surface area contributed by atoms with Crippen LogP contribution in [0.15, 0.2) is 18.2 Å². The first-order chi connectivity index (χ1) is 7.63. The Balaban J connectivity index is 2.60. The van der Waals surface area contributed by atoms with Crippen LogP contribution in [0.4, 0.5) is 8.78 Å². The van der Waals surface area contributed by atoms with Crippen molar-refractivity contribution in [2.24, 2.45) is 0 Å². The van der Waals surface area contributed by atoms with Gasteiger partial charge in [0.15, 0.2) is 0 Å². The number of halogens is 3. The number of ether oxygens (including phenoxy) is 1. The minimum absolute atomic E-state index is 0.0101. The van der Waals surface area contributed by atoms with Crippen LogP contribution in [0.1, 0.15) is 18.9 Å². The molecule has 16 heavy (non-hydrogen) atoms. The molecular formula is C11H14ClF2NO. The van der Waals surface area contributed by atoms with Crippen molar-refractivity contribution in [1.29, 1.82) is 0 Å². The molecule has 0 unspecified atom stereocenters. The van der Waals surface area contributed by atoms with Crippen LogP contribution in [0.25, 0.3) is 0 Å². The minimum atomic E-state index is -2.85. The van der Waals surface area contributed by atoms with Crippen LogP contribution in [0, 0.1) is 0 Å². The Bertz CT molecular complexity index is 334. The largest absolute Gasteiger partial charge is 0.433 e. The normalized spacial score (nSPS) is 10.8. The van der Waals surface area contributed by atoms with Crippen molar-refractivity contribution in [2.45, 2.75) is 26.5 Å². The molecule has 0 spiro atoms. The molecule has 0 radical (unpaired) electrons. The van der Waals surface area contributed by atoms with Gasteiger partial charge < -0.3 is 10.1 Å². The van der Waals surface area contributed by atoms with E-state index in [1.54, 1.807) is 12.1 Å². The molecule has 0 saturated heterocycles. The lowest BCUT2D eigenvalue weighted by Crippen LogP contribution is -2.13. The van der Waals surface area contributed by atoms with Crippen molar-refractivity contribution in [3.05, 3.63) is 28.8 Å². The standard InChI is InChI=1S/C11H14ClF2NO/c1-2-5-15-7-8-3-4-10(9(12)6-8)16-11(13)14/h3-4,6,11,15H,2,5,7H2,1H3. The molecule has 0 amide bonds. The SMILES string of the molecule is CCCNCc1ccc(OC(F)F)c(Cl)c1. The topological polar surface area (TPSA) is 21.3 Å². The van der Waals surface area contributed by atoms with Gasteiger partial charge in [-0.3, -0.25) is 0 Å². The lowest BCUT2D eigenvalue weighted by molar-refractivity contribution is -0.0497. The predicted molar refractivity (Wildman–Crippen MR) is 60.1 cm³/mol. The van der Waals surface area contributed by atoms with Crippen LogP contribution in [0.5, 0.6) is 5.75 Å². The summed E-state index contributed by atoms with van der Waals surface area (Å²) in [7, 11) is 0. The molecule has 0 bridgehead atoms. The monoisotopic (exact) mass is 249 g/mol. The van der Waals surface area contributed by atoms with Crippen LogP contribution >= 0.6 is 11.6 Å². The van der Waals surface area contributed by atoms with Crippen LogP contribution in [0.3, 0.4) is 0 Å². The third-order valence-electron chi connectivity index (χ3n) is 1.97. The van der Waals surface area contributed by atoms with Gasteiger partial charge in [-0.25, -0.2) is 0 Å². The number of benzene rings is 1. The maximum atomic E-state index is 12.0. The van der Waals surface area contributed by atoms with E-state index in [-0.39, 0.29) is 10.8 Å². The van der Waals surface area contributed by atoms with Gasteiger partial charge in [0, 0.05) is 6.54 Å². The molecule has 0 aliphatic carbocycles. The summed E-state index contributed by atoms with van der Waals surface area (Å²) in [5, 5.41) is 3.40. The highest BCUT2D eigenvalue weighted by atomic mass is 35.5. The van der Waals surface area contributed by atoms with Crippen molar-refractivity contribution in [1.82, 2.24) is 5.32 Å². The van der Waals surface area contributed by atoms with Gasteiger partial charge in [0.2, 0.25) is 0 Å². The second-order valence-electron chi connectivity index (χ2n) is 3.32. The fraction of sp³-hybridized carbons (Fsp3) is 0.455. The lowest BCUT2D eigenvalue weighted by Gasteiger charge is -2.08. The molecule has 0 heterocycles. The number of hydrogen-bond donors (Lipinski definition) is 1. The Labute approximate surface area is 98.6 Å². The Kier molecular flexibility index (Phi) is 5.49. The average molecular weight is 250 g/mol. The van der Waals surface area contributed by atoms with Gasteiger partial charge in [-0.2, -0.15) is 8.78 Å². The first kappa shape index (κ1) is 13.2. The fourth-order valence-corrected chi connectivity index (χ4v) is 1.50. The summed E-state index contributed by atoms with van der Waals surface area (Å²) < 4.78 is 28.2. The van der Waals surface area contributed by atoms with Gasteiger partial charge in [0.1, 0.15) is 5.75 Å². The summed E-state index contributed by atoms with van der Waals surface area (Å²) in [5.41, 5.74) is 0.945. The van der Waals surface area contributed by atoms with Gasteiger partial charge in [0.25, 0.3) is 0 Å². The number of hydrogen-bond acceptors (Lipinski definition) is 2. The highest BCUT2D eigenvalue weighted by molar-refractivity contribution is 6.32. The molecule has 0 aliphatic rings. The second-order valence-corrected chi connectivity index (χ2v) is 3.73. The molecule has 1 N–H and O–H groups in total. The third-order valence-corrected chi connectivity index (χ3v) is 2.26. The minimum Gasteiger partial charge on any atom is -0.433 e. The lowest BCUT2D eigenvalue weighted by atomic mass is 10.2. The smallest absolute Gasteiger partial charge is 0.387 e. The molecule has 0 saturated carbocycles. The van der Waals surface area contributed by atoms with Crippen LogP contribution in [-0.4, -0.2) is 13.2 Å². The first-order valence-corrected chi connectivity index (χ1v) is 5.45. The van der Waals surface area contributed by atoms with Crippen molar-refractivity contribution < 1.29 is 13.5 Å². The maximum Gasteiger partial charge on any atom is 0.387 e. The quantitative estimate of drug-likeness (QED) is 0.780. The summed E-state index contributed by atoms with van der Waals surface area (Å²) >= 11 is 5.80. The Hall–Kier alpha value is -0.870. The molecule has 0 aliphatic heterocycles. The Morgan fingerprint density at radius 2 is 2.19 bits per heavy atom. The van der Waals surface area contributed by atoms with Gasteiger partial charge >= 0.3 is 6.61 Å². The molecule has 0 aromatic heterocycles. The maximum absolute atomic E-state index is 12.0. The molecule has 2 nitrogen and oxygen atoms in total. The van der Waals surface area contributed by atoms with Crippen molar-refractivity contribution in [3.63, 3.8) is 0 Å². The summed E-state index contributed by atoms with van der Waals surface area (Å²) in [4.78, 5) is 0. The van der Waals surface area contributed by atoms with E-state index in [9.17, 15) is 8.78 Å². The van der Waals surface area contributed by atoms with Crippen molar-refractivity contribution in [3.8, 4) is 5.75 Å². The van der Waals surface area contributed by atoms with E-state index in [4.69, 9.17) is 11.6 Å². The number of nitrogens with one attached hydrogen (secondary N) is 1. The molecule has 5 heteroatoms. The second kappa shape index (κ2) is 6.66. The van der Waals surface area contributed by atoms with E-state index in [0.29, 0.717) is 6.54 Å². The van der Waals surface area contributed by atoms with E-state index < -0.39 is 6.61 Å². The van der Waals surface area contributed by atoms with Crippen LogP contribution < -0.4 is 10.1 Å². The zero-order chi connectivity index (χ0) is 12.0. The van der Waals surface area contributed by atoms with Crippen molar-refractivity contribution >= 4 is 11.6 Å². The zero-order valence-electron chi connectivity index (χ0n) is 8.97. The van der Waals surface area contributed by atoms with Gasteiger partial charge in [-0.15, -0.1) is 0 Å². The molecular weight excluding hydrogens is 236 g/mol. The highest BCUT2D eigenvalue weighted by Gasteiger charge is 2.08. The average Bonchev–Trinajstić information content (AvgIpc) is 2.22. The number of alkyl halides is 2. The molecule has 1 aromatic rings. The molecule has 1 rings (SSSR count). The van der Waals surface area contributed by atoms with E-state index >= 15 is 0 Å². The van der Waals surface area contributed by atoms with E-state index in [2.05, 4.69) is 17.0 Å². The van der Waals surface area contributed by atoms with Gasteiger partial charge in [-0.1, -0.05) is 24.6 Å². The molecule has 0 fully saturated rings. The van der Waals surface area contributed by atoms with Crippen LogP contribution in [0.2, 0.25) is 5.02 Å². The first-order valence-electron chi connectivity index (χ1n) is 5.07. The molecule has 1 aromatic carbocycles. The fourth-order valence-electron chi connectivity index (χ4n) is 1.26. The van der Waals surface area contributed by atoms with Gasteiger partial charge in [-0.05, 0) is 30.7 Å². The zero-order valence-corrected chi connectivity index (χ0v) is 9.73. The van der Waals surface area contributed by atoms with Gasteiger partial charge in [0.05, 0.1) is 5.02 Å². The highest BCUT2D eigenvalue weighted by Crippen LogP contribution is 2.26. The predicted octanol–water partition coefficient (Wildman–Crippen LogP) is 3.44. The summed E-state index contributed by atoms with van der Waals surface area (Å²) in [6, 6.07) is 4.80. The van der Waals surface area contributed by atoms with E-state index in [1.807, 2.05) is 0 Å². The summed E-state index contributed by atoms with van der Waals surface area (Å²) in [6.07, 6.45) is 1.04. The Morgan fingerprint density at radius 1 is 1.44 bits per heavy atom. The van der Waals surface area contributed by atoms with E-state index in [0.717, 1.165) is 18.5 Å². The van der Waals surface area contributed by atoms with Crippen molar-refractivity contribution in [2.75, 3.05) is 6.54 Å². The summed E-state index contributed by atoms with van der Waals surface area (Å²) in [5.74, 6) is 0.0101. The van der Waals surface area contributed by atoms with E-state index in [1.165, 1.54) is 6.07 Å². The molecule has 90 valence electrons. The van der Waals surface area contributed by atoms with Crippen LogP contribution in [-0.2, 0) is 6.54 Å². The Morgan fingerprint density at radius 3 is 2.75 bits per heavy atom. The third kappa shape index (κ3) is 4.33.